The van der Waals surface area contributed by atoms with Gasteiger partial charge in [-0.15, -0.1) is 0 Å². The summed E-state index contributed by atoms with van der Waals surface area (Å²) < 4.78 is 18.2. The highest BCUT2D eigenvalue weighted by molar-refractivity contribution is 9.10. The summed E-state index contributed by atoms with van der Waals surface area (Å²) in [5.41, 5.74) is -0.281. The number of Topliss-reactive ketones (excluding diaryl/α,β-unsaturated/α-hetero) is 1. The molecular weight excluding hydrogens is 267 g/mol. The minimum Gasteiger partial charge on any atom is -0.460 e. The summed E-state index contributed by atoms with van der Waals surface area (Å²) in [6.07, 6.45) is 0. The third-order valence-corrected chi connectivity index (χ3v) is 2.13. The third kappa shape index (κ3) is 2.86. The number of carbonyl (C=O) groups excluding carboxylic acids is 2. The topological polar surface area (TPSA) is 43.4 Å². The molecule has 0 fully saturated rings. The lowest BCUT2D eigenvalue weighted by molar-refractivity contribution is -0.137. The van der Waals surface area contributed by atoms with E-state index in [9.17, 15) is 14.0 Å². The van der Waals surface area contributed by atoms with Crippen molar-refractivity contribution in [1.82, 2.24) is 0 Å². The zero-order valence-electron chi connectivity index (χ0n) is 7.92. The second kappa shape index (κ2) is 5.02. The van der Waals surface area contributed by atoms with E-state index < -0.39 is 17.6 Å². The Hall–Kier alpha value is -1.23. The molecule has 0 aromatic heterocycles. The van der Waals surface area contributed by atoms with Crippen molar-refractivity contribution in [3.8, 4) is 0 Å². The molecule has 0 spiro atoms. The molecule has 0 unspecified atom stereocenters. The standard InChI is InChI=1S/C10H8BrFO3/c1-2-15-10(14)9(13)7-4-3-6(11)5-8(7)12/h3-5H,2H2,1H3. The van der Waals surface area contributed by atoms with Crippen LogP contribution in [-0.4, -0.2) is 18.4 Å². The molecule has 0 aliphatic heterocycles. The van der Waals surface area contributed by atoms with Gasteiger partial charge in [0.05, 0.1) is 12.2 Å². The summed E-state index contributed by atoms with van der Waals surface area (Å²) in [5, 5.41) is 0. The fourth-order valence-corrected chi connectivity index (χ4v) is 1.31. The fourth-order valence-electron chi connectivity index (χ4n) is 0.980. The van der Waals surface area contributed by atoms with E-state index in [-0.39, 0.29) is 12.2 Å². The molecule has 5 heteroatoms. The number of ketones is 1. The van der Waals surface area contributed by atoms with Gasteiger partial charge in [0.1, 0.15) is 5.82 Å². The minimum absolute atomic E-state index is 0.0860. The lowest BCUT2D eigenvalue weighted by Crippen LogP contribution is -2.18. The van der Waals surface area contributed by atoms with E-state index in [0.717, 1.165) is 6.07 Å². The van der Waals surface area contributed by atoms with E-state index in [1.165, 1.54) is 12.1 Å². The number of hydrogen-bond donors (Lipinski definition) is 0. The van der Waals surface area contributed by atoms with Crippen LogP contribution in [0.25, 0.3) is 0 Å². The highest BCUT2D eigenvalue weighted by Crippen LogP contribution is 2.16. The van der Waals surface area contributed by atoms with Crippen LogP contribution in [0.3, 0.4) is 0 Å². The molecule has 15 heavy (non-hydrogen) atoms. The first kappa shape index (κ1) is 11.8. The SMILES string of the molecule is CCOC(=O)C(=O)c1ccc(Br)cc1F. The van der Waals surface area contributed by atoms with Crippen molar-refractivity contribution >= 4 is 27.7 Å². The zero-order chi connectivity index (χ0) is 11.4. The maximum Gasteiger partial charge on any atom is 0.379 e. The number of hydrogen-bond acceptors (Lipinski definition) is 3. The van der Waals surface area contributed by atoms with Crippen molar-refractivity contribution in [3.05, 3.63) is 34.1 Å². The van der Waals surface area contributed by atoms with Gasteiger partial charge in [0.15, 0.2) is 0 Å². The Morgan fingerprint density at radius 3 is 2.67 bits per heavy atom. The van der Waals surface area contributed by atoms with Gasteiger partial charge < -0.3 is 4.74 Å². The predicted octanol–water partition coefficient (Wildman–Crippen LogP) is 2.33. The normalized spacial score (nSPS) is 9.80. The van der Waals surface area contributed by atoms with Crippen molar-refractivity contribution in [3.63, 3.8) is 0 Å². The van der Waals surface area contributed by atoms with Crippen molar-refractivity contribution < 1.29 is 18.7 Å². The molecule has 0 saturated heterocycles. The largest absolute Gasteiger partial charge is 0.460 e. The van der Waals surface area contributed by atoms with Gasteiger partial charge in [0.25, 0.3) is 5.78 Å². The Balaban J connectivity index is 2.96. The van der Waals surface area contributed by atoms with E-state index in [4.69, 9.17) is 0 Å². The summed E-state index contributed by atoms with van der Waals surface area (Å²) in [6, 6.07) is 3.83. The van der Waals surface area contributed by atoms with E-state index in [1.54, 1.807) is 6.92 Å². The zero-order valence-corrected chi connectivity index (χ0v) is 9.51. The van der Waals surface area contributed by atoms with E-state index in [2.05, 4.69) is 20.7 Å². The summed E-state index contributed by atoms with van der Waals surface area (Å²) in [6.45, 7) is 1.66. The maximum atomic E-state index is 13.2. The van der Waals surface area contributed by atoms with Crippen LogP contribution in [-0.2, 0) is 9.53 Å². The van der Waals surface area contributed by atoms with Gasteiger partial charge in [-0.1, -0.05) is 15.9 Å². The molecule has 0 atom stereocenters. The van der Waals surface area contributed by atoms with Gasteiger partial charge in [-0.05, 0) is 25.1 Å². The first-order valence-corrected chi connectivity index (χ1v) is 5.02. The molecule has 0 heterocycles. The van der Waals surface area contributed by atoms with Gasteiger partial charge in [-0.3, -0.25) is 4.79 Å². The van der Waals surface area contributed by atoms with Crippen LogP contribution in [0, 0.1) is 5.82 Å². The average Bonchev–Trinajstić information content (AvgIpc) is 2.17. The molecular formula is C10H8BrFO3. The lowest BCUT2D eigenvalue weighted by atomic mass is 10.1. The second-order valence-electron chi connectivity index (χ2n) is 2.67. The molecule has 0 aliphatic rings. The van der Waals surface area contributed by atoms with E-state index in [0.29, 0.717) is 4.47 Å². The maximum absolute atomic E-state index is 13.2. The monoisotopic (exact) mass is 274 g/mol. The molecule has 1 aromatic rings. The Morgan fingerprint density at radius 2 is 2.13 bits per heavy atom. The number of halogens is 2. The quantitative estimate of drug-likeness (QED) is 0.483. The van der Waals surface area contributed by atoms with Crippen molar-refractivity contribution in [2.45, 2.75) is 6.92 Å². The Labute approximate surface area is 94.4 Å². The van der Waals surface area contributed by atoms with Crippen LogP contribution in [0.1, 0.15) is 17.3 Å². The molecule has 80 valence electrons. The number of benzene rings is 1. The molecule has 0 bridgehead atoms. The Bertz CT molecular complexity index is 404. The Morgan fingerprint density at radius 1 is 1.47 bits per heavy atom. The van der Waals surface area contributed by atoms with Crippen LogP contribution in [0.4, 0.5) is 4.39 Å². The number of carbonyl (C=O) groups is 2. The van der Waals surface area contributed by atoms with Crippen LogP contribution < -0.4 is 0 Å². The van der Waals surface area contributed by atoms with Crippen LogP contribution in [0.15, 0.2) is 22.7 Å². The number of ether oxygens (including phenoxy) is 1. The van der Waals surface area contributed by atoms with Gasteiger partial charge in [-0.25, -0.2) is 9.18 Å². The second-order valence-corrected chi connectivity index (χ2v) is 3.59. The van der Waals surface area contributed by atoms with E-state index in [1.807, 2.05) is 0 Å². The van der Waals surface area contributed by atoms with Gasteiger partial charge in [0.2, 0.25) is 0 Å². The highest BCUT2D eigenvalue weighted by Gasteiger charge is 2.20. The first-order chi connectivity index (χ1) is 7.06. The molecule has 0 amide bonds. The average molecular weight is 275 g/mol. The predicted molar refractivity (Wildman–Crippen MR) is 55.1 cm³/mol. The van der Waals surface area contributed by atoms with E-state index >= 15 is 0 Å². The van der Waals surface area contributed by atoms with Crippen molar-refractivity contribution in [1.29, 1.82) is 0 Å². The van der Waals surface area contributed by atoms with Crippen molar-refractivity contribution in [2.75, 3.05) is 6.61 Å². The van der Waals surface area contributed by atoms with Gasteiger partial charge >= 0.3 is 5.97 Å². The van der Waals surface area contributed by atoms with Gasteiger partial charge in [-0.2, -0.15) is 0 Å². The highest BCUT2D eigenvalue weighted by atomic mass is 79.9. The smallest absolute Gasteiger partial charge is 0.379 e. The fraction of sp³-hybridized carbons (Fsp3) is 0.200. The molecule has 0 saturated carbocycles. The Kier molecular flexibility index (Phi) is 3.96. The summed E-state index contributed by atoms with van der Waals surface area (Å²) in [5.74, 6) is -2.76. The number of rotatable bonds is 3. The summed E-state index contributed by atoms with van der Waals surface area (Å²) >= 11 is 3.05. The third-order valence-electron chi connectivity index (χ3n) is 1.64. The van der Waals surface area contributed by atoms with Crippen LogP contribution in [0.2, 0.25) is 0 Å². The molecule has 0 N–H and O–H groups in total. The van der Waals surface area contributed by atoms with Gasteiger partial charge in [0, 0.05) is 4.47 Å². The van der Waals surface area contributed by atoms with Crippen LogP contribution >= 0.6 is 15.9 Å². The minimum atomic E-state index is -1.04. The first-order valence-electron chi connectivity index (χ1n) is 4.22. The van der Waals surface area contributed by atoms with Crippen LogP contribution in [0.5, 0.6) is 0 Å². The molecule has 0 aliphatic carbocycles. The molecule has 1 aromatic carbocycles. The number of esters is 1. The summed E-state index contributed by atoms with van der Waals surface area (Å²) in [7, 11) is 0. The molecule has 1 rings (SSSR count). The lowest BCUT2D eigenvalue weighted by Gasteiger charge is -2.02. The molecule has 0 radical (unpaired) electrons. The van der Waals surface area contributed by atoms with Crippen molar-refractivity contribution in [2.24, 2.45) is 0 Å². The summed E-state index contributed by atoms with van der Waals surface area (Å²) in [4.78, 5) is 22.4. The molecule has 3 nitrogen and oxygen atoms in total.